The van der Waals surface area contributed by atoms with Crippen molar-refractivity contribution in [3.8, 4) is 0 Å². The molecule has 1 aromatic carbocycles. The van der Waals surface area contributed by atoms with Gasteiger partial charge in [0, 0.05) is 0 Å². The maximum Gasteiger partial charge on any atom is 0.319 e. The monoisotopic (exact) mass is 346 g/mol. The Labute approximate surface area is 132 Å². The van der Waals surface area contributed by atoms with E-state index in [4.69, 9.17) is 4.74 Å². The number of ether oxygens (including phenoxy) is 1. The first-order valence-electron chi connectivity index (χ1n) is 6.62. The number of hydrogen-bond donors (Lipinski definition) is 1. The van der Waals surface area contributed by atoms with E-state index in [1.54, 1.807) is 13.8 Å². The third-order valence-corrected chi connectivity index (χ3v) is 5.50. The number of rotatable bonds is 4. The molecular weight excluding hydrogens is 331 g/mol. The molecule has 6 nitrogen and oxygen atoms in total. The number of benzene rings is 1. The zero-order valence-electron chi connectivity index (χ0n) is 12.0. The topological polar surface area (TPSA) is 84.8 Å². The molecule has 0 saturated heterocycles. The number of fused-ring (bicyclic) bond motifs is 1. The van der Waals surface area contributed by atoms with E-state index in [0.29, 0.717) is 6.42 Å². The van der Waals surface area contributed by atoms with Gasteiger partial charge < -0.3 is 10.1 Å². The summed E-state index contributed by atoms with van der Waals surface area (Å²) in [5.41, 5.74) is 0.234. The van der Waals surface area contributed by atoms with Crippen LogP contribution in [0.1, 0.15) is 20.3 Å². The van der Waals surface area contributed by atoms with Crippen molar-refractivity contribution in [2.24, 2.45) is 4.40 Å². The highest BCUT2D eigenvalue weighted by molar-refractivity contribution is 8.15. The summed E-state index contributed by atoms with van der Waals surface area (Å²) in [6.07, 6.45) is 0.459. The lowest BCUT2D eigenvalue weighted by molar-refractivity contribution is -0.142. The molecular formula is C13H15FN2O4S2. The van der Waals surface area contributed by atoms with E-state index in [2.05, 4.69) is 9.71 Å². The molecule has 0 aromatic heterocycles. The number of carbonyl (C=O) groups excluding carboxylic acids is 1. The maximum absolute atomic E-state index is 13.2. The number of hydrogen-bond acceptors (Lipinski definition) is 6. The van der Waals surface area contributed by atoms with Crippen molar-refractivity contribution in [3.63, 3.8) is 0 Å². The minimum Gasteiger partial charge on any atom is -0.465 e. The summed E-state index contributed by atoms with van der Waals surface area (Å²) in [6.45, 7) is 3.73. The van der Waals surface area contributed by atoms with E-state index in [1.165, 1.54) is 6.07 Å². The van der Waals surface area contributed by atoms with Crippen LogP contribution >= 0.6 is 11.8 Å². The van der Waals surface area contributed by atoms with E-state index in [0.717, 1.165) is 23.9 Å². The fourth-order valence-electron chi connectivity index (χ4n) is 1.83. The Bertz CT molecular complexity index is 719. The number of sulfonamides is 1. The lowest BCUT2D eigenvalue weighted by Gasteiger charge is -2.20. The molecule has 1 aliphatic heterocycles. The molecule has 2 rings (SSSR count). The normalized spacial score (nSPS) is 17.0. The Hall–Kier alpha value is -1.61. The number of nitrogens with zero attached hydrogens (tertiary/aromatic N) is 1. The summed E-state index contributed by atoms with van der Waals surface area (Å²) in [6, 6.07) is 3.38. The quantitative estimate of drug-likeness (QED) is 0.843. The maximum atomic E-state index is 13.2. The smallest absolute Gasteiger partial charge is 0.319 e. The second-order valence-corrected chi connectivity index (χ2v) is 7.17. The number of amidine groups is 1. The zero-order valence-corrected chi connectivity index (χ0v) is 13.6. The standard InChI is InChI=1S/C13H15FN2O4S2/c1-3-10(12(17)20-4-2)21-13-15-9-6-5-8(14)7-11(9)22(18,19)16-13/h5-7,10H,3-4H2,1-2H3,(H,15,16)/t10-/m1/s1. The highest BCUT2D eigenvalue weighted by atomic mass is 32.2. The summed E-state index contributed by atoms with van der Waals surface area (Å²) in [4.78, 5) is 11.6. The van der Waals surface area contributed by atoms with E-state index in [9.17, 15) is 17.6 Å². The lowest BCUT2D eigenvalue weighted by atomic mass is 10.3. The Balaban J connectivity index is 2.26. The van der Waals surface area contributed by atoms with Crippen molar-refractivity contribution in [3.05, 3.63) is 24.0 Å². The van der Waals surface area contributed by atoms with Gasteiger partial charge >= 0.3 is 5.97 Å². The molecule has 22 heavy (non-hydrogen) atoms. The molecule has 1 aliphatic rings. The average Bonchev–Trinajstić information content (AvgIpc) is 2.45. The molecule has 1 N–H and O–H groups in total. The molecule has 0 amide bonds. The van der Waals surface area contributed by atoms with Crippen molar-refractivity contribution in [1.29, 1.82) is 0 Å². The van der Waals surface area contributed by atoms with E-state index in [-0.39, 0.29) is 22.4 Å². The van der Waals surface area contributed by atoms with Crippen LogP contribution in [0.3, 0.4) is 0 Å². The van der Waals surface area contributed by atoms with Gasteiger partial charge in [-0.05, 0) is 31.5 Å². The summed E-state index contributed by atoms with van der Waals surface area (Å²) >= 11 is 0.975. The van der Waals surface area contributed by atoms with Gasteiger partial charge in [-0.15, -0.1) is 4.40 Å². The highest BCUT2D eigenvalue weighted by Gasteiger charge is 2.29. The van der Waals surface area contributed by atoms with Gasteiger partial charge in [0.25, 0.3) is 10.0 Å². The number of nitrogens with one attached hydrogen (secondary N) is 1. The van der Waals surface area contributed by atoms with Crippen molar-refractivity contribution in [1.82, 2.24) is 0 Å². The predicted octanol–water partition coefficient (Wildman–Crippen LogP) is 2.37. The zero-order chi connectivity index (χ0) is 16.3. The lowest BCUT2D eigenvalue weighted by Crippen LogP contribution is -2.26. The highest BCUT2D eigenvalue weighted by Crippen LogP contribution is 2.31. The molecule has 0 saturated carbocycles. The molecule has 1 heterocycles. The number of halogens is 1. The number of anilines is 1. The van der Waals surface area contributed by atoms with E-state index < -0.39 is 27.1 Å². The first-order chi connectivity index (χ1) is 10.4. The van der Waals surface area contributed by atoms with Crippen molar-refractivity contribution in [2.45, 2.75) is 30.4 Å². The average molecular weight is 346 g/mol. The van der Waals surface area contributed by atoms with Crippen LogP contribution in [0.5, 0.6) is 0 Å². The minimum atomic E-state index is -3.99. The van der Waals surface area contributed by atoms with Crippen LogP contribution in [-0.2, 0) is 19.6 Å². The fourth-order valence-corrected chi connectivity index (χ4v) is 4.08. The van der Waals surface area contributed by atoms with Crippen LogP contribution in [0, 0.1) is 5.82 Å². The van der Waals surface area contributed by atoms with Gasteiger partial charge in [-0.1, -0.05) is 18.7 Å². The van der Waals surface area contributed by atoms with Gasteiger partial charge in [-0.2, -0.15) is 8.42 Å². The SMILES string of the molecule is CCOC(=O)[C@@H](CC)SC1=NS(=O)(=O)c2cc(F)ccc2N1. The van der Waals surface area contributed by atoms with E-state index in [1.807, 2.05) is 0 Å². The minimum absolute atomic E-state index is 0.0685. The van der Waals surface area contributed by atoms with Crippen molar-refractivity contribution in [2.75, 3.05) is 11.9 Å². The first-order valence-corrected chi connectivity index (χ1v) is 8.94. The Morgan fingerprint density at radius 2 is 2.18 bits per heavy atom. The Morgan fingerprint density at radius 1 is 1.45 bits per heavy atom. The number of esters is 1. The molecule has 9 heteroatoms. The molecule has 0 aliphatic carbocycles. The molecule has 0 unspecified atom stereocenters. The molecule has 1 atom stereocenters. The second-order valence-electron chi connectivity index (χ2n) is 4.40. The van der Waals surface area contributed by atoms with Crippen LogP contribution in [0.25, 0.3) is 0 Å². The molecule has 0 radical (unpaired) electrons. The number of carbonyl (C=O) groups is 1. The summed E-state index contributed by atoms with van der Waals surface area (Å²) in [5.74, 6) is -1.09. The summed E-state index contributed by atoms with van der Waals surface area (Å²) in [7, 11) is -3.99. The third kappa shape index (κ3) is 3.58. The summed E-state index contributed by atoms with van der Waals surface area (Å²) < 4.78 is 45.9. The molecule has 0 fully saturated rings. The third-order valence-electron chi connectivity index (χ3n) is 2.84. The van der Waals surface area contributed by atoms with Crippen molar-refractivity contribution < 1.29 is 22.3 Å². The summed E-state index contributed by atoms with van der Waals surface area (Å²) in [5, 5.41) is 2.30. The molecule has 1 aromatic rings. The Kier molecular flexibility index (Phi) is 5.07. The van der Waals surface area contributed by atoms with E-state index >= 15 is 0 Å². The molecule has 0 bridgehead atoms. The van der Waals surface area contributed by atoms with Gasteiger partial charge in [-0.3, -0.25) is 4.79 Å². The molecule has 120 valence electrons. The second kappa shape index (κ2) is 6.66. The van der Waals surface area contributed by atoms with Crippen LogP contribution in [0.2, 0.25) is 0 Å². The fraction of sp³-hybridized carbons (Fsp3) is 0.385. The van der Waals surface area contributed by atoms with Crippen molar-refractivity contribution >= 4 is 38.6 Å². The first kappa shape index (κ1) is 16.8. The van der Waals surface area contributed by atoms with Crippen LogP contribution in [0.4, 0.5) is 10.1 Å². The Morgan fingerprint density at radius 3 is 2.82 bits per heavy atom. The van der Waals surface area contributed by atoms with Crippen LogP contribution in [0.15, 0.2) is 27.5 Å². The largest absolute Gasteiger partial charge is 0.465 e. The van der Waals surface area contributed by atoms with Gasteiger partial charge in [0.2, 0.25) is 0 Å². The van der Waals surface area contributed by atoms with Gasteiger partial charge in [-0.25, -0.2) is 4.39 Å². The number of thioether (sulfide) groups is 1. The predicted molar refractivity (Wildman–Crippen MR) is 82.9 cm³/mol. The van der Waals surface area contributed by atoms with Crippen LogP contribution in [-0.4, -0.2) is 31.4 Å². The van der Waals surface area contributed by atoms with Gasteiger partial charge in [0.1, 0.15) is 16.0 Å². The van der Waals surface area contributed by atoms with Crippen LogP contribution < -0.4 is 5.32 Å². The van der Waals surface area contributed by atoms with Gasteiger partial charge in [0.15, 0.2) is 5.17 Å². The molecule has 0 spiro atoms. The van der Waals surface area contributed by atoms with Gasteiger partial charge in [0.05, 0.1) is 12.3 Å².